The van der Waals surface area contributed by atoms with Crippen LogP contribution in [0, 0.1) is 0 Å². The summed E-state index contributed by atoms with van der Waals surface area (Å²) in [5.74, 6) is -1.39. The zero-order valence-electron chi connectivity index (χ0n) is 11.2. The number of nitrogens with two attached hydrogens (primary N) is 1. The van der Waals surface area contributed by atoms with E-state index >= 15 is 0 Å². The standard InChI is InChI=1S/C15H15N3O3/c16-8-7-10-1-3-11(4-2-10)14(19)18-12-5-6-13(15(20)21)17-9-12/h1-6,9H,7-8,16H2,(H,18,19)(H,20,21). The summed E-state index contributed by atoms with van der Waals surface area (Å²) in [6.45, 7) is 0.563. The van der Waals surface area contributed by atoms with Crippen molar-refractivity contribution in [2.75, 3.05) is 11.9 Å². The number of benzene rings is 1. The molecule has 0 unspecified atom stereocenters. The van der Waals surface area contributed by atoms with E-state index in [1.54, 1.807) is 12.1 Å². The molecule has 0 atom stereocenters. The SMILES string of the molecule is NCCc1ccc(C(=O)Nc2ccc(C(=O)O)nc2)cc1. The summed E-state index contributed by atoms with van der Waals surface area (Å²) >= 11 is 0. The third kappa shape index (κ3) is 3.87. The van der Waals surface area contributed by atoms with Gasteiger partial charge in [0.2, 0.25) is 0 Å². The van der Waals surface area contributed by atoms with Gasteiger partial charge in [0.15, 0.2) is 0 Å². The van der Waals surface area contributed by atoms with Crippen LogP contribution in [0.5, 0.6) is 0 Å². The van der Waals surface area contributed by atoms with E-state index in [1.165, 1.54) is 18.3 Å². The predicted octanol–water partition coefficient (Wildman–Crippen LogP) is 1.53. The van der Waals surface area contributed by atoms with Gasteiger partial charge in [0.1, 0.15) is 5.69 Å². The maximum atomic E-state index is 12.0. The number of carbonyl (C=O) groups is 2. The normalized spacial score (nSPS) is 10.1. The molecular weight excluding hydrogens is 270 g/mol. The fourth-order valence-electron chi connectivity index (χ4n) is 1.79. The van der Waals surface area contributed by atoms with Crippen molar-refractivity contribution in [1.29, 1.82) is 0 Å². The number of carboxylic acids is 1. The van der Waals surface area contributed by atoms with Crippen LogP contribution < -0.4 is 11.1 Å². The molecule has 1 heterocycles. The molecule has 1 aromatic heterocycles. The van der Waals surface area contributed by atoms with E-state index in [0.717, 1.165) is 12.0 Å². The van der Waals surface area contributed by atoms with Crippen LogP contribution in [0.1, 0.15) is 26.4 Å². The van der Waals surface area contributed by atoms with E-state index in [-0.39, 0.29) is 11.6 Å². The highest BCUT2D eigenvalue weighted by molar-refractivity contribution is 6.04. The highest BCUT2D eigenvalue weighted by Crippen LogP contribution is 2.10. The molecule has 0 aliphatic carbocycles. The van der Waals surface area contributed by atoms with Gasteiger partial charge in [-0.3, -0.25) is 4.79 Å². The van der Waals surface area contributed by atoms with Gasteiger partial charge in [-0.1, -0.05) is 12.1 Å². The van der Waals surface area contributed by atoms with Crippen molar-refractivity contribution in [3.8, 4) is 0 Å². The monoisotopic (exact) mass is 285 g/mol. The number of amides is 1. The van der Waals surface area contributed by atoms with Crippen LogP contribution in [0.3, 0.4) is 0 Å². The Morgan fingerprint density at radius 3 is 2.38 bits per heavy atom. The summed E-state index contributed by atoms with van der Waals surface area (Å²) in [6, 6.07) is 9.99. The number of carboxylic acid groups (broad SMARTS) is 1. The number of aromatic carboxylic acids is 1. The lowest BCUT2D eigenvalue weighted by molar-refractivity contribution is 0.0690. The largest absolute Gasteiger partial charge is 0.477 e. The first-order chi connectivity index (χ1) is 10.1. The van der Waals surface area contributed by atoms with Crippen molar-refractivity contribution in [3.05, 3.63) is 59.4 Å². The van der Waals surface area contributed by atoms with Crippen molar-refractivity contribution in [2.45, 2.75) is 6.42 Å². The number of nitrogens with one attached hydrogen (secondary N) is 1. The van der Waals surface area contributed by atoms with E-state index in [0.29, 0.717) is 17.8 Å². The van der Waals surface area contributed by atoms with E-state index in [1.807, 2.05) is 12.1 Å². The van der Waals surface area contributed by atoms with E-state index in [9.17, 15) is 9.59 Å². The number of aromatic nitrogens is 1. The van der Waals surface area contributed by atoms with Gasteiger partial charge in [-0.2, -0.15) is 0 Å². The minimum absolute atomic E-state index is 0.0702. The summed E-state index contributed by atoms with van der Waals surface area (Å²) in [6.07, 6.45) is 2.08. The quantitative estimate of drug-likeness (QED) is 0.772. The average molecular weight is 285 g/mol. The topological polar surface area (TPSA) is 105 Å². The van der Waals surface area contributed by atoms with Crippen LogP contribution in [-0.4, -0.2) is 28.5 Å². The third-order valence-electron chi connectivity index (χ3n) is 2.89. The zero-order valence-corrected chi connectivity index (χ0v) is 11.2. The van der Waals surface area contributed by atoms with Crippen LogP contribution in [0.4, 0.5) is 5.69 Å². The Labute approximate surface area is 121 Å². The van der Waals surface area contributed by atoms with Crippen molar-refractivity contribution >= 4 is 17.6 Å². The second kappa shape index (κ2) is 6.62. The molecule has 1 aromatic carbocycles. The third-order valence-corrected chi connectivity index (χ3v) is 2.89. The molecule has 4 N–H and O–H groups in total. The zero-order chi connectivity index (χ0) is 15.2. The first-order valence-corrected chi connectivity index (χ1v) is 6.40. The van der Waals surface area contributed by atoms with Gasteiger partial charge in [0.25, 0.3) is 5.91 Å². The van der Waals surface area contributed by atoms with E-state index < -0.39 is 5.97 Å². The Kier molecular flexibility index (Phi) is 4.63. The smallest absolute Gasteiger partial charge is 0.354 e. The predicted molar refractivity (Wildman–Crippen MR) is 78.3 cm³/mol. The van der Waals surface area contributed by atoms with Gasteiger partial charge in [0, 0.05) is 5.56 Å². The number of carbonyl (C=O) groups excluding carboxylic acids is 1. The van der Waals surface area contributed by atoms with Crippen LogP contribution in [-0.2, 0) is 6.42 Å². The molecule has 0 spiro atoms. The van der Waals surface area contributed by atoms with Gasteiger partial charge in [-0.25, -0.2) is 9.78 Å². The molecule has 6 heteroatoms. The van der Waals surface area contributed by atoms with Gasteiger partial charge in [-0.15, -0.1) is 0 Å². The van der Waals surface area contributed by atoms with Crippen molar-refractivity contribution in [3.63, 3.8) is 0 Å². The number of rotatable bonds is 5. The molecule has 0 bridgehead atoms. The summed E-state index contributed by atoms with van der Waals surface area (Å²) in [7, 11) is 0. The summed E-state index contributed by atoms with van der Waals surface area (Å²) in [5, 5.41) is 11.4. The lowest BCUT2D eigenvalue weighted by atomic mass is 10.1. The van der Waals surface area contributed by atoms with E-state index in [4.69, 9.17) is 10.8 Å². The number of nitrogens with zero attached hydrogens (tertiary/aromatic N) is 1. The Morgan fingerprint density at radius 1 is 1.14 bits per heavy atom. The lowest BCUT2D eigenvalue weighted by Crippen LogP contribution is -2.12. The molecule has 1 amide bonds. The Balaban J connectivity index is 2.05. The van der Waals surface area contributed by atoms with Gasteiger partial charge in [0.05, 0.1) is 11.9 Å². The minimum Gasteiger partial charge on any atom is -0.477 e. The van der Waals surface area contributed by atoms with Crippen molar-refractivity contribution in [2.24, 2.45) is 5.73 Å². The van der Waals surface area contributed by atoms with Crippen molar-refractivity contribution in [1.82, 2.24) is 4.98 Å². The second-order valence-corrected chi connectivity index (χ2v) is 4.43. The summed E-state index contributed by atoms with van der Waals surface area (Å²) in [4.78, 5) is 26.4. The number of anilines is 1. The molecule has 0 saturated heterocycles. The maximum absolute atomic E-state index is 12.0. The molecule has 0 radical (unpaired) electrons. The van der Waals surface area contributed by atoms with Crippen LogP contribution in [0.2, 0.25) is 0 Å². The highest BCUT2D eigenvalue weighted by Gasteiger charge is 2.08. The second-order valence-electron chi connectivity index (χ2n) is 4.43. The van der Waals surface area contributed by atoms with Crippen molar-refractivity contribution < 1.29 is 14.7 Å². The maximum Gasteiger partial charge on any atom is 0.354 e. The highest BCUT2D eigenvalue weighted by atomic mass is 16.4. The summed E-state index contributed by atoms with van der Waals surface area (Å²) < 4.78 is 0. The Bertz CT molecular complexity index is 636. The molecule has 0 saturated carbocycles. The fraction of sp³-hybridized carbons (Fsp3) is 0.133. The number of pyridine rings is 1. The average Bonchev–Trinajstić information content (AvgIpc) is 2.49. The number of hydrogen-bond donors (Lipinski definition) is 3. The van der Waals surface area contributed by atoms with Crippen LogP contribution in [0.25, 0.3) is 0 Å². The Hall–Kier alpha value is -2.73. The van der Waals surface area contributed by atoms with Gasteiger partial charge < -0.3 is 16.2 Å². The fourth-order valence-corrected chi connectivity index (χ4v) is 1.79. The molecule has 21 heavy (non-hydrogen) atoms. The molecule has 108 valence electrons. The van der Waals surface area contributed by atoms with Gasteiger partial charge >= 0.3 is 5.97 Å². The molecule has 2 rings (SSSR count). The molecule has 0 aliphatic heterocycles. The Morgan fingerprint density at radius 2 is 1.86 bits per heavy atom. The molecule has 0 fully saturated rings. The first kappa shape index (κ1) is 14.7. The van der Waals surface area contributed by atoms with E-state index in [2.05, 4.69) is 10.3 Å². The lowest BCUT2D eigenvalue weighted by Gasteiger charge is -2.06. The summed E-state index contributed by atoms with van der Waals surface area (Å²) in [5.41, 5.74) is 7.42. The van der Waals surface area contributed by atoms with Crippen LogP contribution in [0.15, 0.2) is 42.6 Å². The van der Waals surface area contributed by atoms with Gasteiger partial charge in [-0.05, 0) is 42.8 Å². The number of hydrogen-bond acceptors (Lipinski definition) is 4. The first-order valence-electron chi connectivity index (χ1n) is 6.40. The molecule has 2 aromatic rings. The minimum atomic E-state index is -1.11. The van der Waals surface area contributed by atoms with Crippen LogP contribution >= 0.6 is 0 Å². The molecule has 0 aliphatic rings. The molecule has 6 nitrogen and oxygen atoms in total. The molecular formula is C15H15N3O3.